The number of ketones is 1. The van der Waals surface area contributed by atoms with Crippen molar-refractivity contribution in [2.45, 2.75) is 59.3 Å². The van der Waals surface area contributed by atoms with Crippen LogP contribution in [0.1, 0.15) is 88.9 Å². The number of carbonyl (C=O) groups is 2. The van der Waals surface area contributed by atoms with E-state index in [-0.39, 0.29) is 11.7 Å². The molecule has 0 radical (unpaired) electrons. The van der Waals surface area contributed by atoms with Crippen molar-refractivity contribution in [1.82, 2.24) is 20.1 Å². The first-order valence-corrected chi connectivity index (χ1v) is 9.34. The molecule has 1 aliphatic heterocycles. The summed E-state index contributed by atoms with van der Waals surface area (Å²) in [5.74, 6) is 0.815. The van der Waals surface area contributed by atoms with Gasteiger partial charge in [0.2, 0.25) is 0 Å². The Kier molecular flexibility index (Phi) is 5.03. The van der Waals surface area contributed by atoms with Crippen LogP contribution in [0, 0.1) is 13.8 Å². The molecule has 3 rings (SSSR count). The lowest BCUT2D eigenvalue weighted by atomic mass is 9.92. The number of nitrogens with one attached hydrogen (secondary N) is 2. The van der Waals surface area contributed by atoms with Gasteiger partial charge >= 0.3 is 0 Å². The SMILES string of the molecule is CC(=O)c1[nH]c(C)c(C(=O)N2CCC(c3cc(C(C)C)n[nH]3)CC2)c1C. The van der Waals surface area contributed by atoms with Crippen molar-refractivity contribution in [3.05, 3.63) is 40.0 Å². The topological polar surface area (TPSA) is 81.8 Å². The molecule has 26 heavy (non-hydrogen) atoms. The summed E-state index contributed by atoms with van der Waals surface area (Å²) >= 11 is 0. The monoisotopic (exact) mass is 356 g/mol. The second-order valence-electron chi connectivity index (χ2n) is 7.65. The smallest absolute Gasteiger partial charge is 0.255 e. The van der Waals surface area contributed by atoms with Gasteiger partial charge < -0.3 is 9.88 Å². The number of H-pyrrole nitrogens is 2. The molecule has 0 bridgehead atoms. The zero-order chi connectivity index (χ0) is 19.0. The third kappa shape index (κ3) is 3.32. The van der Waals surface area contributed by atoms with E-state index in [4.69, 9.17) is 0 Å². The molecule has 0 spiro atoms. The second kappa shape index (κ2) is 7.09. The number of nitrogens with zero attached hydrogens (tertiary/aromatic N) is 2. The maximum Gasteiger partial charge on any atom is 0.255 e. The van der Waals surface area contributed by atoms with Crippen LogP contribution in [0.15, 0.2) is 6.07 Å². The fourth-order valence-corrected chi connectivity index (χ4v) is 3.83. The summed E-state index contributed by atoms with van der Waals surface area (Å²) in [5.41, 5.74) is 4.99. The van der Waals surface area contributed by atoms with Crippen LogP contribution in [0.5, 0.6) is 0 Å². The first-order valence-electron chi connectivity index (χ1n) is 9.34. The highest BCUT2D eigenvalue weighted by Crippen LogP contribution is 2.30. The zero-order valence-electron chi connectivity index (χ0n) is 16.3. The van der Waals surface area contributed by atoms with Gasteiger partial charge in [-0.05, 0) is 44.2 Å². The number of piperidine rings is 1. The van der Waals surface area contributed by atoms with Crippen LogP contribution in [0.25, 0.3) is 0 Å². The molecule has 0 saturated carbocycles. The summed E-state index contributed by atoms with van der Waals surface area (Å²) in [6, 6.07) is 2.16. The summed E-state index contributed by atoms with van der Waals surface area (Å²) in [7, 11) is 0. The van der Waals surface area contributed by atoms with E-state index in [9.17, 15) is 9.59 Å². The van der Waals surface area contributed by atoms with E-state index in [2.05, 4.69) is 35.1 Å². The highest BCUT2D eigenvalue weighted by molar-refractivity contribution is 6.02. The van der Waals surface area contributed by atoms with Gasteiger partial charge in [0.1, 0.15) is 0 Å². The molecule has 140 valence electrons. The quantitative estimate of drug-likeness (QED) is 0.820. The number of likely N-dealkylation sites (tertiary alicyclic amines) is 1. The fraction of sp³-hybridized carbons (Fsp3) is 0.550. The summed E-state index contributed by atoms with van der Waals surface area (Å²) in [6.07, 6.45) is 1.85. The molecule has 2 aromatic rings. The van der Waals surface area contributed by atoms with Crippen LogP contribution in [0.3, 0.4) is 0 Å². The lowest BCUT2D eigenvalue weighted by Crippen LogP contribution is -2.38. The lowest BCUT2D eigenvalue weighted by molar-refractivity contribution is 0.0711. The van der Waals surface area contributed by atoms with Crippen molar-refractivity contribution >= 4 is 11.7 Å². The summed E-state index contributed by atoms with van der Waals surface area (Å²) in [6.45, 7) is 10.9. The molecule has 0 atom stereocenters. The number of aryl methyl sites for hydroxylation is 1. The minimum absolute atomic E-state index is 0.0229. The van der Waals surface area contributed by atoms with Gasteiger partial charge in [-0.15, -0.1) is 0 Å². The second-order valence-corrected chi connectivity index (χ2v) is 7.65. The van der Waals surface area contributed by atoms with Crippen LogP contribution in [-0.2, 0) is 0 Å². The van der Waals surface area contributed by atoms with E-state index in [1.54, 1.807) is 0 Å². The van der Waals surface area contributed by atoms with Crippen molar-refractivity contribution < 1.29 is 9.59 Å². The van der Waals surface area contributed by atoms with Gasteiger partial charge in [-0.3, -0.25) is 14.7 Å². The van der Waals surface area contributed by atoms with Crippen LogP contribution < -0.4 is 0 Å². The molecule has 1 aliphatic rings. The van der Waals surface area contributed by atoms with E-state index in [0.29, 0.717) is 23.1 Å². The molecular weight excluding hydrogens is 328 g/mol. The Labute approximate surface area is 154 Å². The van der Waals surface area contributed by atoms with Crippen molar-refractivity contribution in [2.75, 3.05) is 13.1 Å². The first-order chi connectivity index (χ1) is 12.3. The number of amides is 1. The van der Waals surface area contributed by atoms with E-state index in [1.165, 1.54) is 12.6 Å². The number of aromatic amines is 2. The number of Topliss-reactive ketones (excluding diaryl/α,β-unsaturated/α-hetero) is 1. The van der Waals surface area contributed by atoms with Gasteiger partial charge in [0.15, 0.2) is 5.78 Å². The van der Waals surface area contributed by atoms with Crippen molar-refractivity contribution in [2.24, 2.45) is 0 Å². The van der Waals surface area contributed by atoms with Crippen molar-refractivity contribution in [3.8, 4) is 0 Å². The van der Waals surface area contributed by atoms with E-state index < -0.39 is 0 Å². The van der Waals surface area contributed by atoms with Crippen molar-refractivity contribution in [3.63, 3.8) is 0 Å². The molecule has 2 aromatic heterocycles. The molecule has 6 heteroatoms. The van der Waals surface area contributed by atoms with Gasteiger partial charge in [0, 0.05) is 37.3 Å². The molecule has 1 amide bonds. The molecule has 0 aromatic carbocycles. The fourth-order valence-electron chi connectivity index (χ4n) is 3.83. The van der Waals surface area contributed by atoms with Crippen LogP contribution in [-0.4, -0.2) is 44.9 Å². The number of aromatic nitrogens is 3. The minimum atomic E-state index is -0.0384. The lowest BCUT2D eigenvalue weighted by Gasteiger charge is -2.31. The average molecular weight is 356 g/mol. The normalized spacial score (nSPS) is 15.7. The van der Waals surface area contributed by atoms with Gasteiger partial charge in [-0.25, -0.2) is 0 Å². The molecule has 1 fully saturated rings. The molecule has 0 unspecified atom stereocenters. The molecule has 2 N–H and O–H groups in total. The predicted molar refractivity (Wildman–Crippen MR) is 101 cm³/mol. The Balaban J connectivity index is 1.70. The highest BCUT2D eigenvalue weighted by atomic mass is 16.2. The maximum atomic E-state index is 13.0. The molecule has 1 saturated heterocycles. The number of rotatable bonds is 4. The molecule has 6 nitrogen and oxygen atoms in total. The Bertz CT molecular complexity index is 823. The predicted octanol–water partition coefficient (Wildman–Crippen LogP) is 3.70. The van der Waals surface area contributed by atoms with Crippen LogP contribution >= 0.6 is 0 Å². The number of hydrogen-bond acceptors (Lipinski definition) is 3. The maximum absolute atomic E-state index is 13.0. The molecule has 3 heterocycles. The highest BCUT2D eigenvalue weighted by Gasteiger charge is 2.29. The zero-order valence-corrected chi connectivity index (χ0v) is 16.3. The Hall–Kier alpha value is -2.37. The molecular formula is C20H28N4O2. The van der Waals surface area contributed by atoms with Crippen LogP contribution in [0.2, 0.25) is 0 Å². The van der Waals surface area contributed by atoms with Gasteiger partial charge in [-0.2, -0.15) is 5.10 Å². The third-order valence-electron chi connectivity index (χ3n) is 5.43. The largest absolute Gasteiger partial charge is 0.355 e. The van der Waals surface area contributed by atoms with Gasteiger partial charge in [0.25, 0.3) is 5.91 Å². The Morgan fingerprint density at radius 2 is 1.88 bits per heavy atom. The minimum Gasteiger partial charge on any atom is -0.355 e. The van der Waals surface area contributed by atoms with E-state index >= 15 is 0 Å². The standard InChI is InChI=1S/C20H28N4O2/c1-11(2)16-10-17(23-22-16)15-6-8-24(9-7-15)20(26)18-12(3)19(14(5)25)21-13(18)4/h10-11,15,21H,6-9H2,1-5H3,(H,22,23). The Morgan fingerprint density at radius 1 is 1.23 bits per heavy atom. The van der Waals surface area contributed by atoms with Crippen molar-refractivity contribution in [1.29, 1.82) is 0 Å². The van der Waals surface area contributed by atoms with Gasteiger partial charge in [0.05, 0.1) is 17.0 Å². The first kappa shape index (κ1) is 18.4. The molecule has 0 aliphatic carbocycles. The Morgan fingerprint density at radius 3 is 2.38 bits per heavy atom. The van der Waals surface area contributed by atoms with Crippen LogP contribution in [0.4, 0.5) is 0 Å². The van der Waals surface area contributed by atoms with E-state index in [0.717, 1.165) is 42.9 Å². The number of hydrogen-bond donors (Lipinski definition) is 2. The average Bonchev–Trinajstić information content (AvgIpc) is 3.20. The number of carbonyl (C=O) groups excluding carboxylic acids is 2. The van der Waals surface area contributed by atoms with Gasteiger partial charge in [-0.1, -0.05) is 13.8 Å². The summed E-state index contributed by atoms with van der Waals surface area (Å²) in [5, 5.41) is 7.56. The summed E-state index contributed by atoms with van der Waals surface area (Å²) in [4.78, 5) is 29.7. The summed E-state index contributed by atoms with van der Waals surface area (Å²) < 4.78 is 0. The van der Waals surface area contributed by atoms with E-state index in [1.807, 2.05) is 18.7 Å². The third-order valence-corrected chi connectivity index (χ3v) is 5.43.